The Balaban J connectivity index is 2.23. The summed E-state index contributed by atoms with van der Waals surface area (Å²) in [7, 11) is 0. The van der Waals surface area contributed by atoms with E-state index in [0.717, 1.165) is 12.8 Å². The molecule has 0 aromatic rings. The third-order valence-corrected chi connectivity index (χ3v) is 5.12. The minimum atomic E-state index is -2.41. The first-order chi connectivity index (χ1) is 6.68. The van der Waals surface area contributed by atoms with Crippen LogP contribution in [-0.2, 0) is 0 Å². The lowest BCUT2D eigenvalue weighted by Gasteiger charge is -2.33. The van der Waals surface area contributed by atoms with Crippen LogP contribution < -0.4 is 0 Å². The Hall–Kier alpha value is -0.140. The molecule has 3 atom stereocenters. The van der Waals surface area contributed by atoms with Crippen LogP contribution >= 0.6 is 0 Å². The van der Waals surface area contributed by atoms with E-state index in [2.05, 4.69) is 27.7 Å². The summed E-state index contributed by atoms with van der Waals surface area (Å²) >= 11 is 0. The minimum Gasteiger partial charge on any atom is -0.207 e. The molecule has 1 unspecified atom stereocenters. The Bertz CT molecular complexity index is 250. The number of hydrogen-bond donors (Lipinski definition) is 0. The van der Waals surface area contributed by atoms with Crippen LogP contribution in [0.3, 0.4) is 0 Å². The zero-order chi connectivity index (χ0) is 11.5. The summed E-state index contributed by atoms with van der Waals surface area (Å²) in [6.45, 7) is 8.60. The topological polar surface area (TPSA) is 0 Å². The Morgan fingerprint density at radius 1 is 1.00 bits per heavy atom. The summed E-state index contributed by atoms with van der Waals surface area (Å²) in [6.07, 6.45) is 2.22. The van der Waals surface area contributed by atoms with Gasteiger partial charge < -0.3 is 0 Å². The van der Waals surface area contributed by atoms with Crippen molar-refractivity contribution in [3.05, 3.63) is 0 Å². The molecule has 0 aromatic carbocycles. The van der Waals surface area contributed by atoms with Gasteiger partial charge in [-0.05, 0) is 35.5 Å². The molecular formula is C13H22F2. The predicted molar refractivity (Wildman–Crippen MR) is 58.0 cm³/mol. The summed E-state index contributed by atoms with van der Waals surface area (Å²) in [4.78, 5) is 0. The first kappa shape index (κ1) is 11.3. The molecule has 0 saturated heterocycles. The first-order valence-electron chi connectivity index (χ1n) is 6.05. The summed E-state index contributed by atoms with van der Waals surface area (Å²) in [6, 6.07) is 0. The summed E-state index contributed by atoms with van der Waals surface area (Å²) in [5, 5.41) is 0. The van der Waals surface area contributed by atoms with Crippen molar-refractivity contribution in [2.45, 2.75) is 59.3 Å². The predicted octanol–water partition coefficient (Wildman–Crippen LogP) is 4.49. The summed E-state index contributed by atoms with van der Waals surface area (Å²) in [5.41, 5.74) is -0.239. The zero-order valence-corrected chi connectivity index (χ0v) is 10.2. The molecule has 0 aromatic heterocycles. The monoisotopic (exact) mass is 216 g/mol. The van der Waals surface area contributed by atoms with Crippen molar-refractivity contribution in [3.63, 3.8) is 0 Å². The van der Waals surface area contributed by atoms with Crippen molar-refractivity contribution in [2.75, 3.05) is 0 Å². The number of halogens is 2. The van der Waals surface area contributed by atoms with Crippen molar-refractivity contribution in [1.82, 2.24) is 0 Å². The van der Waals surface area contributed by atoms with Crippen molar-refractivity contribution >= 4 is 0 Å². The number of fused-ring (bicyclic) bond motifs is 1. The second kappa shape index (κ2) is 2.95. The Morgan fingerprint density at radius 3 is 1.73 bits per heavy atom. The van der Waals surface area contributed by atoms with Crippen molar-refractivity contribution < 1.29 is 8.78 Å². The van der Waals surface area contributed by atoms with Gasteiger partial charge in [-0.2, -0.15) is 0 Å². The van der Waals surface area contributed by atoms with Gasteiger partial charge in [0.25, 0.3) is 0 Å². The molecule has 88 valence electrons. The van der Waals surface area contributed by atoms with E-state index in [0.29, 0.717) is 11.8 Å². The highest BCUT2D eigenvalue weighted by Gasteiger charge is 2.64. The Morgan fingerprint density at radius 2 is 1.40 bits per heavy atom. The van der Waals surface area contributed by atoms with Gasteiger partial charge in [0.1, 0.15) is 0 Å². The van der Waals surface area contributed by atoms with Crippen LogP contribution in [0.15, 0.2) is 0 Å². The standard InChI is InChI=1S/C13H22F2/c1-9(2)10-5-11(3)7-13(14,15)8-12(11,4)6-10/h9-10H,5-8H2,1-4H3/t10?,11-,12+. The first-order valence-corrected chi connectivity index (χ1v) is 6.05. The Kier molecular flexibility index (Phi) is 2.23. The molecule has 2 saturated carbocycles. The average molecular weight is 216 g/mol. The fourth-order valence-electron chi connectivity index (χ4n) is 3.97. The van der Waals surface area contributed by atoms with E-state index >= 15 is 0 Å². The molecule has 2 aliphatic rings. The van der Waals surface area contributed by atoms with Crippen LogP contribution in [-0.4, -0.2) is 5.92 Å². The second-order valence-electron chi connectivity index (χ2n) is 6.74. The van der Waals surface area contributed by atoms with E-state index < -0.39 is 5.92 Å². The van der Waals surface area contributed by atoms with Crippen LogP contribution in [0.2, 0.25) is 0 Å². The molecule has 0 heterocycles. The van der Waals surface area contributed by atoms with Gasteiger partial charge in [0.2, 0.25) is 5.92 Å². The van der Waals surface area contributed by atoms with E-state index in [9.17, 15) is 8.78 Å². The van der Waals surface area contributed by atoms with Gasteiger partial charge >= 0.3 is 0 Å². The zero-order valence-electron chi connectivity index (χ0n) is 10.2. The SMILES string of the molecule is CC(C)C1C[C@@]2(C)CC(F)(F)C[C@@]2(C)C1. The van der Waals surface area contributed by atoms with Crippen molar-refractivity contribution in [2.24, 2.45) is 22.7 Å². The van der Waals surface area contributed by atoms with Crippen LogP contribution in [0.1, 0.15) is 53.4 Å². The van der Waals surface area contributed by atoms with Crippen molar-refractivity contribution in [1.29, 1.82) is 0 Å². The van der Waals surface area contributed by atoms with E-state index in [1.165, 1.54) is 0 Å². The summed E-state index contributed by atoms with van der Waals surface area (Å²) in [5.74, 6) is -1.13. The quantitative estimate of drug-likeness (QED) is 0.605. The van der Waals surface area contributed by atoms with E-state index in [4.69, 9.17) is 0 Å². The number of rotatable bonds is 1. The maximum atomic E-state index is 13.5. The molecule has 2 aliphatic carbocycles. The van der Waals surface area contributed by atoms with Gasteiger partial charge in [-0.1, -0.05) is 27.7 Å². The Labute approximate surface area is 91.4 Å². The third kappa shape index (κ3) is 1.60. The van der Waals surface area contributed by atoms with E-state index in [1.807, 2.05) is 0 Å². The maximum Gasteiger partial charge on any atom is 0.249 e. The normalized spacial score (nSPS) is 48.6. The molecule has 0 radical (unpaired) electrons. The largest absolute Gasteiger partial charge is 0.249 e. The van der Waals surface area contributed by atoms with E-state index in [-0.39, 0.29) is 23.7 Å². The minimum absolute atomic E-state index is 0.111. The van der Waals surface area contributed by atoms with Crippen LogP contribution in [0.4, 0.5) is 8.78 Å². The highest BCUT2D eigenvalue weighted by molar-refractivity contribution is 5.10. The lowest BCUT2D eigenvalue weighted by Crippen LogP contribution is -2.25. The molecule has 2 heteroatoms. The molecule has 0 aliphatic heterocycles. The van der Waals surface area contributed by atoms with E-state index in [1.54, 1.807) is 0 Å². The lowest BCUT2D eigenvalue weighted by molar-refractivity contribution is -0.0103. The highest BCUT2D eigenvalue weighted by atomic mass is 19.3. The highest BCUT2D eigenvalue weighted by Crippen LogP contribution is 2.68. The molecular weight excluding hydrogens is 194 g/mol. The van der Waals surface area contributed by atoms with Crippen molar-refractivity contribution in [3.8, 4) is 0 Å². The average Bonchev–Trinajstić information content (AvgIpc) is 2.28. The fourth-order valence-corrected chi connectivity index (χ4v) is 3.97. The number of alkyl halides is 2. The third-order valence-electron chi connectivity index (χ3n) is 5.12. The molecule has 0 nitrogen and oxygen atoms in total. The molecule has 0 spiro atoms. The number of hydrogen-bond acceptors (Lipinski definition) is 0. The lowest BCUT2D eigenvalue weighted by atomic mass is 9.71. The van der Waals surface area contributed by atoms with Crippen LogP contribution in [0.5, 0.6) is 0 Å². The van der Waals surface area contributed by atoms with Gasteiger partial charge in [-0.3, -0.25) is 0 Å². The van der Waals surface area contributed by atoms with Crippen LogP contribution in [0, 0.1) is 22.7 Å². The van der Waals surface area contributed by atoms with Gasteiger partial charge in [-0.15, -0.1) is 0 Å². The molecule has 0 amide bonds. The molecule has 0 N–H and O–H groups in total. The molecule has 2 rings (SSSR count). The van der Waals surface area contributed by atoms with Gasteiger partial charge in [-0.25, -0.2) is 8.78 Å². The van der Waals surface area contributed by atoms with Gasteiger partial charge in [0.15, 0.2) is 0 Å². The molecule has 2 fully saturated rings. The smallest absolute Gasteiger partial charge is 0.207 e. The fraction of sp³-hybridized carbons (Fsp3) is 1.00. The maximum absolute atomic E-state index is 13.5. The second-order valence-corrected chi connectivity index (χ2v) is 6.74. The summed E-state index contributed by atoms with van der Waals surface area (Å²) < 4.78 is 27.0. The van der Waals surface area contributed by atoms with Gasteiger partial charge in [0, 0.05) is 12.8 Å². The van der Waals surface area contributed by atoms with Gasteiger partial charge in [0.05, 0.1) is 0 Å². The van der Waals surface area contributed by atoms with Crippen LogP contribution in [0.25, 0.3) is 0 Å². The molecule has 0 bridgehead atoms. The molecule has 15 heavy (non-hydrogen) atoms.